The summed E-state index contributed by atoms with van der Waals surface area (Å²) >= 11 is 0. The quantitative estimate of drug-likeness (QED) is 0.921. The van der Waals surface area contributed by atoms with Crippen molar-refractivity contribution in [1.29, 1.82) is 0 Å². The maximum atomic E-state index is 11.8. The second-order valence-corrected chi connectivity index (χ2v) is 5.52. The van der Waals surface area contributed by atoms with Gasteiger partial charge in [0.15, 0.2) is 0 Å². The molecule has 0 unspecified atom stereocenters. The number of aromatic nitrogens is 1. The van der Waals surface area contributed by atoms with Crippen molar-refractivity contribution in [1.82, 2.24) is 4.98 Å². The summed E-state index contributed by atoms with van der Waals surface area (Å²) in [5.74, 6) is -0.344. The van der Waals surface area contributed by atoms with Gasteiger partial charge >= 0.3 is 0 Å². The molecule has 22 heavy (non-hydrogen) atoms. The van der Waals surface area contributed by atoms with Gasteiger partial charge < -0.3 is 10.6 Å². The topological polar surface area (TPSA) is 76.3 Å². The zero-order valence-corrected chi connectivity index (χ0v) is 12.6. The van der Waals surface area contributed by atoms with Crippen molar-refractivity contribution in [2.24, 2.45) is 5.73 Å². The average Bonchev–Trinajstić information content (AvgIpc) is 2.50. The average molecular weight is 295 g/mol. The summed E-state index contributed by atoms with van der Waals surface area (Å²) in [4.78, 5) is 29.0. The van der Waals surface area contributed by atoms with Gasteiger partial charge in [-0.3, -0.25) is 14.6 Å². The van der Waals surface area contributed by atoms with Gasteiger partial charge in [0, 0.05) is 37.1 Å². The van der Waals surface area contributed by atoms with Crippen LogP contribution in [-0.2, 0) is 11.2 Å². The Kier molecular flexibility index (Phi) is 3.41. The summed E-state index contributed by atoms with van der Waals surface area (Å²) < 4.78 is 0. The highest BCUT2D eigenvalue weighted by molar-refractivity contribution is 5.97. The van der Waals surface area contributed by atoms with E-state index in [1.807, 2.05) is 19.1 Å². The Morgan fingerprint density at radius 3 is 2.77 bits per heavy atom. The molecule has 2 aromatic rings. The largest absolute Gasteiger partial charge is 0.366 e. The summed E-state index contributed by atoms with van der Waals surface area (Å²) in [6, 6.07) is 5.95. The minimum atomic E-state index is -0.477. The van der Waals surface area contributed by atoms with E-state index in [-0.39, 0.29) is 5.91 Å². The van der Waals surface area contributed by atoms with Gasteiger partial charge in [-0.15, -0.1) is 0 Å². The molecule has 0 aliphatic carbocycles. The molecule has 3 rings (SSSR count). The van der Waals surface area contributed by atoms with Crippen LogP contribution in [0.3, 0.4) is 0 Å². The molecule has 0 bridgehead atoms. The summed E-state index contributed by atoms with van der Waals surface area (Å²) in [6.45, 7) is 1.87. The fourth-order valence-electron chi connectivity index (χ4n) is 2.89. The lowest BCUT2D eigenvalue weighted by atomic mass is 9.94. The number of fused-ring (bicyclic) bond motifs is 1. The van der Waals surface area contributed by atoms with Gasteiger partial charge in [0.2, 0.25) is 5.91 Å². The SMILES string of the molecule is Cc1c(C(N)=O)cncc1-c1ccc2c(c1)CCC(=O)N2C. The normalized spacial score (nSPS) is 13.9. The zero-order chi connectivity index (χ0) is 15.9. The molecule has 0 fully saturated rings. The van der Waals surface area contributed by atoms with E-state index in [4.69, 9.17) is 5.73 Å². The third kappa shape index (κ3) is 2.24. The Balaban J connectivity index is 2.10. The van der Waals surface area contributed by atoms with Gasteiger partial charge in [-0.25, -0.2) is 0 Å². The molecule has 1 aliphatic heterocycles. The molecule has 2 heterocycles. The molecule has 0 radical (unpaired) electrons. The lowest BCUT2D eigenvalue weighted by Gasteiger charge is -2.26. The van der Waals surface area contributed by atoms with Crippen molar-refractivity contribution in [3.8, 4) is 11.1 Å². The number of primary amides is 1. The first-order valence-electron chi connectivity index (χ1n) is 7.13. The molecule has 1 aromatic carbocycles. The van der Waals surface area contributed by atoms with Crippen LogP contribution in [-0.4, -0.2) is 23.8 Å². The van der Waals surface area contributed by atoms with Gasteiger partial charge in [-0.2, -0.15) is 0 Å². The van der Waals surface area contributed by atoms with E-state index in [0.717, 1.165) is 34.4 Å². The van der Waals surface area contributed by atoms with Gasteiger partial charge in [0.05, 0.1) is 5.56 Å². The molecule has 0 spiro atoms. The summed E-state index contributed by atoms with van der Waals surface area (Å²) in [5, 5.41) is 0. The van der Waals surface area contributed by atoms with Crippen molar-refractivity contribution in [3.05, 3.63) is 47.3 Å². The van der Waals surface area contributed by atoms with Gasteiger partial charge in [-0.1, -0.05) is 6.07 Å². The highest BCUT2D eigenvalue weighted by Gasteiger charge is 2.21. The van der Waals surface area contributed by atoms with Crippen LogP contribution in [0.5, 0.6) is 0 Å². The number of hydrogen-bond acceptors (Lipinski definition) is 3. The number of rotatable bonds is 2. The van der Waals surface area contributed by atoms with E-state index < -0.39 is 5.91 Å². The molecular weight excluding hydrogens is 278 g/mol. The number of carbonyl (C=O) groups is 2. The van der Waals surface area contributed by atoms with E-state index >= 15 is 0 Å². The summed E-state index contributed by atoms with van der Waals surface area (Å²) in [5.41, 5.74) is 10.6. The van der Waals surface area contributed by atoms with Crippen molar-refractivity contribution >= 4 is 17.5 Å². The number of hydrogen-bond donors (Lipinski definition) is 1. The van der Waals surface area contributed by atoms with Crippen LogP contribution in [0, 0.1) is 6.92 Å². The highest BCUT2D eigenvalue weighted by atomic mass is 16.2. The number of amides is 2. The lowest BCUT2D eigenvalue weighted by Crippen LogP contribution is -2.30. The van der Waals surface area contributed by atoms with E-state index in [1.54, 1.807) is 18.1 Å². The second kappa shape index (κ2) is 5.26. The third-order valence-corrected chi connectivity index (χ3v) is 4.21. The number of benzene rings is 1. The summed E-state index contributed by atoms with van der Waals surface area (Å²) in [6.07, 6.45) is 4.48. The molecule has 0 saturated heterocycles. The number of nitrogens with zero attached hydrogens (tertiary/aromatic N) is 2. The Morgan fingerprint density at radius 1 is 1.27 bits per heavy atom. The van der Waals surface area contributed by atoms with Crippen LogP contribution >= 0.6 is 0 Å². The lowest BCUT2D eigenvalue weighted by molar-refractivity contribution is -0.118. The Bertz CT molecular complexity index is 783. The Labute approximate surface area is 128 Å². The second-order valence-electron chi connectivity index (χ2n) is 5.52. The van der Waals surface area contributed by atoms with Crippen LogP contribution in [0.4, 0.5) is 5.69 Å². The van der Waals surface area contributed by atoms with E-state index in [1.165, 1.54) is 6.20 Å². The molecule has 5 heteroatoms. The minimum Gasteiger partial charge on any atom is -0.366 e. The van der Waals surface area contributed by atoms with Gasteiger partial charge in [0.25, 0.3) is 5.91 Å². The van der Waals surface area contributed by atoms with E-state index in [2.05, 4.69) is 11.1 Å². The molecule has 5 nitrogen and oxygen atoms in total. The minimum absolute atomic E-state index is 0.133. The van der Waals surface area contributed by atoms with Crippen LogP contribution < -0.4 is 10.6 Å². The molecular formula is C17H17N3O2. The van der Waals surface area contributed by atoms with Crippen LogP contribution in [0.1, 0.15) is 27.9 Å². The van der Waals surface area contributed by atoms with Gasteiger partial charge in [-0.05, 0) is 42.2 Å². The molecule has 0 atom stereocenters. The first kappa shape index (κ1) is 14.3. The van der Waals surface area contributed by atoms with Crippen molar-refractivity contribution < 1.29 is 9.59 Å². The number of anilines is 1. The highest BCUT2D eigenvalue weighted by Crippen LogP contribution is 2.32. The van der Waals surface area contributed by atoms with Crippen LogP contribution in [0.15, 0.2) is 30.6 Å². The Morgan fingerprint density at radius 2 is 2.05 bits per heavy atom. The standard InChI is InChI=1S/C17H17N3O2/c1-10-13(8-19-9-14(10)17(18)22)11-3-5-15-12(7-11)4-6-16(21)20(15)2/h3,5,7-9H,4,6H2,1-2H3,(H2,18,22). The Hall–Kier alpha value is -2.69. The molecule has 112 valence electrons. The molecule has 2 N–H and O–H groups in total. The molecule has 0 saturated carbocycles. The number of nitrogens with two attached hydrogens (primary N) is 1. The van der Waals surface area contributed by atoms with E-state index in [0.29, 0.717) is 12.0 Å². The molecule has 2 amide bonds. The smallest absolute Gasteiger partial charge is 0.250 e. The van der Waals surface area contributed by atoms with E-state index in [9.17, 15) is 9.59 Å². The fourth-order valence-corrected chi connectivity index (χ4v) is 2.89. The monoisotopic (exact) mass is 295 g/mol. The fraction of sp³-hybridized carbons (Fsp3) is 0.235. The first-order valence-corrected chi connectivity index (χ1v) is 7.13. The van der Waals surface area contributed by atoms with Crippen molar-refractivity contribution in [2.45, 2.75) is 19.8 Å². The van der Waals surface area contributed by atoms with Gasteiger partial charge in [0.1, 0.15) is 0 Å². The first-order chi connectivity index (χ1) is 10.5. The molecule has 1 aliphatic rings. The summed E-state index contributed by atoms with van der Waals surface area (Å²) in [7, 11) is 1.79. The predicted octanol–water partition coefficient (Wildman–Crippen LogP) is 2.06. The van der Waals surface area contributed by atoms with Crippen molar-refractivity contribution in [3.63, 3.8) is 0 Å². The number of pyridine rings is 1. The maximum absolute atomic E-state index is 11.8. The van der Waals surface area contributed by atoms with Crippen molar-refractivity contribution in [2.75, 3.05) is 11.9 Å². The van der Waals surface area contributed by atoms with Crippen LogP contribution in [0.2, 0.25) is 0 Å². The van der Waals surface area contributed by atoms with Crippen LogP contribution in [0.25, 0.3) is 11.1 Å². The molecule has 1 aromatic heterocycles. The predicted molar refractivity (Wildman–Crippen MR) is 84.7 cm³/mol. The maximum Gasteiger partial charge on any atom is 0.250 e. The zero-order valence-electron chi connectivity index (χ0n) is 12.6. The third-order valence-electron chi connectivity index (χ3n) is 4.21. The number of carbonyl (C=O) groups excluding carboxylic acids is 2. The number of aryl methyl sites for hydroxylation is 1.